The van der Waals surface area contributed by atoms with Gasteiger partial charge in [0, 0.05) is 6.54 Å². The molecule has 27 heavy (non-hydrogen) atoms. The number of hydrogen-bond donors (Lipinski definition) is 1. The predicted molar refractivity (Wildman–Crippen MR) is 106 cm³/mol. The molecule has 136 valence electrons. The second-order valence-electron chi connectivity index (χ2n) is 5.79. The summed E-state index contributed by atoms with van der Waals surface area (Å²) in [6.07, 6.45) is 1.60. The molecular formula is C19H14ClFN4OS. The third-order valence-corrected chi connectivity index (χ3v) is 5.31. The first-order chi connectivity index (χ1) is 13.1. The lowest BCUT2D eigenvalue weighted by Gasteiger charge is -2.10. The number of fused-ring (bicyclic) bond motifs is 1. The molecule has 1 aromatic carbocycles. The monoisotopic (exact) mass is 400 g/mol. The van der Waals surface area contributed by atoms with Gasteiger partial charge in [0.15, 0.2) is 11.5 Å². The maximum Gasteiger partial charge on any atom is 0.256 e. The van der Waals surface area contributed by atoms with E-state index in [-0.39, 0.29) is 10.7 Å². The number of aryl methyl sites for hydroxylation is 1. The number of nitrogens with zero attached hydrogens (tertiary/aromatic N) is 3. The summed E-state index contributed by atoms with van der Waals surface area (Å²) in [5.74, 6) is -1.11. The van der Waals surface area contributed by atoms with E-state index >= 15 is 0 Å². The highest BCUT2D eigenvalue weighted by molar-refractivity contribution is 7.13. The zero-order valence-corrected chi connectivity index (χ0v) is 15.8. The quantitative estimate of drug-likeness (QED) is 0.510. The molecular weight excluding hydrogens is 387 g/mol. The van der Waals surface area contributed by atoms with Gasteiger partial charge in [-0.3, -0.25) is 4.79 Å². The lowest BCUT2D eigenvalue weighted by molar-refractivity contribution is 0.102. The number of benzene rings is 1. The second-order valence-corrected chi connectivity index (χ2v) is 7.14. The fourth-order valence-corrected chi connectivity index (χ4v) is 3.67. The van der Waals surface area contributed by atoms with Gasteiger partial charge in [0.2, 0.25) is 0 Å². The van der Waals surface area contributed by atoms with Crippen molar-refractivity contribution in [3.63, 3.8) is 0 Å². The Morgan fingerprint density at radius 2 is 2.19 bits per heavy atom. The lowest BCUT2D eigenvalue weighted by Crippen LogP contribution is -2.14. The number of thiophene rings is 1. The van der Waals surface area contributed by atoms with Gasteiger partial charge in [-0.15, -0.1) is 11.3 Å². The fraction of sp³-hybridized carbons (Fsp3) is 0.105. The number of carbonyl (C=O) groups is 1. The number of halogens is 2. The van der Waals surface area contributed by atoms with Crippen molar-refractivity contribution in [3.05, 3.63) is 64.4 Å². The summed E-state index contributed by atoms with van der Waals surface area (Å²) in [5, 5.41) is 9.40. The van der Waals surface area contributed by atoms with Crippen LogP contribution in [0.1, 0.15) is 17.3 Å². The van der Waals surface area contributed by atoms with Crippen molar-refractivity contribution in [1.82, 2.24) is 14.8 Å². The summed E-state index contributed by atoms with van der Waals surface area (Å²) >= 11 is 7.33. The molecule has 1 amide bonds. The van der Waals surface area contributed by atoms with Crippen molar-refractivity contribution >= 4 is 45.6 Å². The van der Waals surface area contributed by atoms with E-state index in [1.807, 2.05) is 24.4 Å². The zero-order valence-electron chi connectivity index (χ0n) is 14.2. The number of carbonyl (C=O) groups excluding carboxylic acids is 1. The Kier molecular flexibility index (Phi) is 4.63. The number of amides is 1. The molecule has 0 aliphatic heterocycles. The van der Waals surface area contributed by atoms with Crippen molar-refractivity contribution in [3.8, 4) is 10.6 Å². The minimum absolute atomic E-state index is 0.0259. The Bertz CT molecular complexity index is 1140. The summed E-state index contributed by atoms with van der Waals surface area (Å²) < 4.78 is 15.9. The van der Waals surface area contributed by atoms with Crippen LogP contribution < -0.4 is 5.32 Å². The van der Waals surface area contributed by atoms with Crippen LogP contribution in [0.5, 0.6) is 0 Å². The van der Waals surface area contributed by atoms with Crippen molar-refractivity contribution < 1.29 is 9.18 Å². The van der Waals surface area contributed by atoms with Crippen LogP contribution >= 0.6 is 22.9 Å². The molecule has 0 unspecified atom stereocenters. The van der Waals surface area contributed by atoms with Crippen LogP contribution in [-0.4, -0.2) is 20.7 Å². The van der Waals surface area contributed by atoms with Crippen LogP contribution in [-0.2, 0) is 6.54 Å². The van der Waals surface area contributed by atoms with Crippen molar-refractivity contribution in [2.75, 3.05) is 5.32 Å². The molecule has 0 saturated carbocycles. The molecule has 1 N–H and O–H groups in total. The van der Waals surface area contributed by atoms with Crippen molar-refractivity contribution in [2.24, 2.45) is 0 Å². The molecule has 0 atom stereocenters. The van der Waals surface area contributed by atoms with Gasteiger partial charge >= 0.3 is 0 Å². The van der Waals surface area contributed by atoms with E-state index in [0.717, 1.165) is 4.88 Å². The van der Waals surface area contributed by atoms with Gasteiger partial charge in [-0.1, -0.05) is 23.7 Å². The average molecular weight is 401 g/mol. The number of rotatable bonds is 4. The van der Waals surface area contributed by atoms with E-state index < -0.39 is 11.7 Å². The Hall–Kier alpha value is -2.77. The summed E-state index contributed by atoms with van der Waals surface area (Å²) in [4.78, 5) is 18.5. The Morgan fingerprint density at radius 1 is 1.33 bits per heavy atom. The smallest absolute Gasteiger partial charge is 0.256 e. The molecule has 0 aliphatic carbocycles. The molecule has 0 bridgehead atoms. The standard InChI is InChI=1S/C19H14ClFN4OS/c1-2-25-18-12(10-22-25)11(9-15(23-18)16-7-4-8-27-16)19(26)24-14-6-3-5-13(20)17(14)21/h3-10H,2H2,1H3,(H,24,26). The zero-order chi connectivity index (χ0) is 19.0. The van der Waals surface area contributed by atoms with Gasteiger partial charge in [0.05, 0.1) is 38.4 Å². The lowest BCUT2D eigenvalue weighted by atomic mass is 10.1. The largest absolute Gasteiger partial charge is 0.319 e. The molecule has 4 rings (SSSR count). The molecule has 3 heterocycles. The van der Waals surface area contributed by atoms with E-state index in [9.17, 15) is 9.18 Å². The number of nitrogens with one attached hydrogen (secondary N) is 1. The van der Waals surface area contributed by atoms with Gasteiger partial charge < -0.3 is 5.32 Å². The second kappa shape index (κ2) is 7.09. The van der Waals surface area contributed by atoms with Gasteiger partial charge in [0.25, 0.3) is 5.91 Å². The van der Waals surface area contributed by atoms with Gasteiger partial charge in [-0.25, -0.2) is 14.1 Å². The van der Waals surface area contributed by atoms with Crippen LogP contribution in [0.25, 0.3) is 21.6 Å². The summed E-state index contributed by atoms with van der Waals surface area (Å²) in [6, 6.07) is 10.0. The summed E-state index contributed by atoms with van der Waals surface area (Å²) in [5.41, 5.74) is 1.69. The summed E-state index contributed by atoms with van der Waals surface area (Å²) in [7, 11) is 0. The third kappa shape index (κ3) is 3.20. The molecule has 8 heteroatoms. The number of anilines is 1. The van der Waals surface area contributed by atoms with E-state index in [2.05, 4.69) is 15.4 Å². The van der Waals surface area contributed by atoms with Crippen LogP contribution in [0.3, 0.4) is 0 Å². The first-order valence-electron chi connectivity index (χ1n) is 8.24. The van der Waals surface area contributed by atoms with Crippen LogP contribution in [0.4, 0.5) is 10.1 Å². The van der Waals surface area contributed by atoms with Crippen molar-refractivity contribution in [2.45, 2.75) is 13.5 Å². The Labute approximate surface area is 163 Å². The highest BCUT2D eigenvalue weighted by Gasteiger charge is 2.19. The molecule has 5 nitrogen and oxygen atoms in total. The minimum atomic E-state index is -0.666. The maximum atomic E-state index is 14.2. The third-order valence-electron chi connectivity index (χ3n) is 4.13. The molecule has 0 saturated heterocycles. The maximum absolute atomic E-state index is 14.2. The Morgan fingerprint density at radius 3 is 2.93 bits per heavy atom. The van der Waals surface area contributed by atoms with Crippen LogP contribution in [0.2, 0.25) is 5.02 Å². The molecule has 0 fully saturated rings. The van der Waals surface area contributed by atoms with E-state index in [1.54, 1.807) is 23.0 Å². The van der Waals surface area contributed by atoms with E-state index in [1.165, 1.54) is 23.5 Å². The van der Waals surface area contributed by atoms with Gasteiger partial charge in [-0.2, -0.15) is 5.10 Å². The van der Waals surface area contributed by atoms with Crippen LogP contribution in [0.15, 0.2) is 48.0 Å². The number of aromatic nitrogens is 3. The van der Waals surface area contributed by atoms with Crippen molar-refractivity contribution in [1.29, 1.82) is 0 Å². The SMILES string of the molecule is CCn1ncc2c(C(=O)Nc3cccc(Cl)c3F)cc(-c3cccs3)nc21. The van der Waals surface area contributed by atoms with Gasteiger partial charge in [0.1, 0.15) is 0 Å². The fourth-order valence-electron chi connectivity index (χ4n) is 2.81. The number of pyridine rings is 1. The van der Waals surface area contributed by atoms with Gasteiger partial charge in [-0.05, 0) is 36.6 Å². The first kappa shape index (κ1) is 17.6. The Balaban J connectivity index is 1.83. The van der Waals surface area contributed by atoms with Crippen LogP contribution in [0, 0.1) is 5.82 Å². The average Bonchev–Trinajstić information content (AvgIpc) is 3.34. The minimum Gasteiger partial charge on any atom is -0.319 e. The normalized spacial score (nSPS) is 11.1. The van der Waals surface area contributed by atoms with E-state index in [4.69, 9.17) is 11.6 Å². The number of hydrogen-bond acceptors (Lipinski definition) is 4. The molecule has 0 spiro atoms. The highest BCUT2D eigenvalue weighted by atomic mass is 35.5. The highest BCUT2D eigenvalue weighted by Crippen LogP contribution is 2.29. The molecule has 0 radical (unpaired) electrons. The molecule has 4 aromatic rings. The predicted octanol–water partition coefficient (Wildman–Crippen LogP) is 5.22. The first-order valence-corrected chi connectivity index (χ1v) is 9.50. The summed E-state index contributed by atoms with van der Waals surface area (Å²) in [6.45, 7) is 2.57. The molecule has 3 aromatic heterocycles. The topological polar surface area (TPSA) is 59.8 Å². The molecule has 0 aliphatic rings. The van der Waals surface area contributed by atoms with E-state index in [0.29, 0.717) is 28.8 Å².